The molecule has 1 N–H and O–H groups in total. The molecular weight excluding hydrogens is 268 g/mol. The van der Waals surface area contributed by atoms with Gasteiger partial charge in [-0.3, -0.25) is 4.79 Å². The van der Waals surface area contributed by atoms with Crippen LogP contribution in [0.4, 0.5) is 0 Å². The first-order valence-corrected chi connectivity index (χ1v) is 8.20. The third kappa shape index (κ3) is 5.90. The summed E-state index contributed by atoms with van der Waals surface area (Å²) in [5.74, 6) is -2.42. The Balaban J connectivity index is 2.11. The predicted molar refractivity (Wildman–Crippen MR) is 82.0 cm³/mol. The molecule has 2 unspecified atom stereocenters. The van der Waals surface area contributed by atoms with Gasteiger partial charge in [0.1, 0.15) is 12.0 Å². The number of carbonyl (C=O) groups is 2. The molecule has 2 atom stereocenters. The third-order valence-electron chi connectivity index (χ3n) is 4.13. The molecule has 4 heteroatoms. The lowest BCUT2D eigenvalue weighted by atomic mass is 9.93. The van der Waals surface area contributed by atoms with Crippen LogP contribution in [0, 0.1) is 5.92 Å². The van der Waals surface area contributed by atoms with Gasteiger partial charge in [-0.25, -0.2) is 4.79 Å². The Morgan fingerprint density at radius 2 is 1.62 bits per heavy atom. The van der Waals surface area contributed by atoms with Crippen LogP contribution in [0.25, 0.3) is 0 Å². The fourth-order valence-electron chi connectivity index (χ4n) is 2.82. The first-order valence-electron chi connectivity index (χ1n) is 8.20. The minimum atomic E-state index is -1.01. The minimum Gasteiger partial charge on any atom is -0.481 e. The van der Waals surface area contributed by atoms with Gasteiger partial charge in [0, 0.05) is 5.57 Å². The first kappa shape index (κ1) is 17.7. The van der Waals surface area contributed by atoms with E-state index >= 15 is 0 Å². The number of esters is 1. The molecule has 4 nitrogen and oxygen atoms in total. The standard InChI is InChI=1S/C17H28O4/c1-3-4-5-6-7-8-9-10-11-12-14-15(16(18)19)13(2)17(20)21-14/h14-15H,2-12H2,1H3,(H,18,19). The highest BCUT2D eigenvalue weighted by Gasteiger charge is 2.42. The number of hydrogen-bond acceptors (Lipinski definition) is 3. The molecule has 0 aromatic heterocycles. The largest absolute Gasteiger partial charge is 0.481 e. The number of unbranched alkanes of at least 4 members (excludes halogenated alkanes) is 8. The number of aliphatic carboxylic acids is 1. The third-order valence-corrected chi connectivity index (χ3v) is 4.13. The van der Waals surface area contributed by atoms with Crippen molar-refractivity contribution in [2.75, 3.05) is 0 Å². The fraction of sp³-hybridized carbons (Fsp3) is 0.765. The van der Waals surface area contributed by atoms with Gasteiger partial charge >= 0.3 is 11.9 Å². The van der Waals surface area contributed by atoms with E-state index in [1.807, 2.05) is 0 Å². The van der Waals surface area contributed by atoms with Gasteiger partial charge in [-0.05, 0) is 12.8 Å². The normalized spacial score (nSPS) is 21.6. The Bertz CT molecular complexity index is 362. The van der Waals surface area contributed by atoms with Crippen LogP contribution >= 0.6 is 0 Å². The second kappa shape index (κ2) is 9.59. The van der Waals surface area contributed by atoms with E-state index in [-0.39, 0.29) is 5.57 Å². The second-order valence-corrected chi connectivity index (χ2v) is 5.90. The number of ether oxygens (including phenoxy) is 1. The van der Waals surface area contributed by atoms with Crippen LogP contribution in [0.3, 0.4) is 0 Å². The molecule has 0 spiro atoms. The lowest BCUT2D eigenvalue weighted by Gasteiger charge is -2.13. The number of rotatable bonds is 11. The van der Waals surface area contributed by atoms with Crippen LogP contribution in [0.2, 0.25) is 0 Å². The number of hydrogen-bond donors (Lipinski definition) is 1. The molecule has 0 aliphatic carbocycles. The number of carbonyl (C=O) groups excluding carboxylic acids is 1. The van der Waals surface area contributed by atoms with Crippen molar-refractivity contribution in [2.24, 2.45) is 5.92 Å². The molecule has 0 bridgehead atoms. The molecule has 1 aliphatic heterocycles. The summed E-state index contributed by atoms with van der Waals surface area (Å²) in [6.07, 6.45) is 11.0. The van der Waals surface area contributed by atoms with Gasteiger partial charge in [-0.1, -0.05) is 64.9 Å². The van der Waals surface area contributed by atoms with Crippen molar-refractivity contribution in [3.8, 4) is 0 Å². The maximum Gasteiger partial charge on any atom is 0.334 e. The predicted octanol–water partition coefficient (Wildman–Crippen LogP) is 4.09. The zero-order valence-corrected chi connectivity index (χ0v) is 13.1. The summed E-state index contributed by atoms with van der Waals surface area (Å²) in [4.78, 5) is 22.5. The molecular formula is C17H28O4. The summed E-state index contributed by atoms with van der Waals surface area (Å²) in [5.41, 5.74) is 0.0865. The van der Waals surface area contributed by atoms with Crippen molar-refractivity contribution in [3.63, 3.8) is 0 Å². The van der Waals surface area contributed by atoms with Gasteiger partial charge < -0.3 is 9.84 Å². The lowest BCUT2D eigenvalue weighted by Crippen LogP contribution is -2.24. The Labute approximate surface area is 127 Å². The van der Waals surface area contributed by atoms with Crippen molar-refractivity contribution in [3.05, 3.63) is 12.2 Å². The van der Waals surface area contributed by atoms with Crippen molar-refractivity contribution in [1.29, 1.82) is 0 Å². The highest BCUT2D eigenvalue weighted by Crippen LogP contribution is 2.30. The van der Waals surface area contributed by atoms with Crippen molar-refractivity contribution >= 4 is 11.9 Å². The first-order chi connectivity index (χ1) is 10.1. The van der Waals surface area contributed by atoms with Crippen LogP contribution in [-0.2, 0) is 14.3 Å². The van der Waals surface area contributed by atoms with Gasteiger partial charge in [0.25, 0.3) is 0 Å². The maximum absolute atomic E-state index is 11.4. The highest BCUT2D eigenvalue weighted by molar-refractivity contribution is 5.97. The topological polar surface area (TPSA) is 63.6 Å². The van der Waals surface area contributed by atoms with E-state index in [0.29, 0.717) is 6.42 Å². The van der Waals surface area contributed by atoms with E-state index in [2.05, 4.69) is 13.5 Å². The maximum atomic E-state index is 11.4. The lowest BCUT2D eigenvalue weighted by molar-refractivity contribution is -0.144. The quantitative estimate of drug-likeness (QED) is 0.354. The zero-order chi connectivity index (χ0) is 15.7. The zero-order valence-electron chi connectivity index (χ0n) is 13.1. The molecule has 1 aliphatic rings. The van der Waals surface area contributed by atoms with Gasteiger partial charge in [0.15, 0.2) is 0 Å². The Morgan fingerprint density at radius 3 is 2.14 bits per heavy atom. The molecule has 0 aromatic rings. The van der Waals surface area contributed by atoms with E-state index < -0.39 is 24.0 Å². The number of carboxylic acids is 1. The molecule has 1 heterocycles. The summed E-state index contributed by atoms with van der Waals surface area (Å²) in [7, 11) is 0. The van der Waals surface area contributed by atoms with Gasteiger partial charge in [0.2, 0.25) is 0 Å². The molecule has 1 saturated heterocycles. The fourth-order valence-corrected chi connectivity index (χ4v) is 2.82. The molecule has 0 aromatic carbocycles. The Kier molecular flexibility index (Phi) is 8.09. The van der Waals surface area contributed by atoms with E-state index in [9.17, 15) is 9.59 Å². The van der Waals surface area contributed by atoms with Crippen molar-refractivity contribution < 1.29 is 19.4 Å². The van der Waals surface area contributed by atoms with Crippen LogP contribution in [-0.4, -0.2) is 23.1 Å². The summed E-state index contributed by atoms with van der Waals surface area (Å²) < 4.78 is 5.10. The number of cyclic esters (lactones) is 1. The highest BCUT2D eigenvalue weighted by atomic mass is 16.6. The molecule has 0 amide bonds. The summed E-state index contributed by atoms with van der Waals surface area (Å²) in [5, 5.41) is 9.12. The summed E-state index contributed by atoms with van der Waals surface area (Å²) >= 11 is 0. The van der Waals surface area contributed by atoms with Crippen LogP contribution in [0.5, 0.6) is 0 Å². The Hall–Kier alpha value is -1.32. The molecule has 21 heavy (non-hydrogen) atoms. The van der Waals surface area contributed by atoms with Gasteiger partial charge in [0.05, 0.1) is 0 Å². The monoisotopic (exact) mass is 296 g/mol. The van der Waals surface area contributed by atoms with E-state index in [0.717, 1.165) is 12.8 Å². The van der Waals surface area contributed by atoms with Crippen LogP contribution in [0.15, 0.2) is 12.2 Å². The van der Waals surface area contributed by atoms with E-state index in [1.165, 1.54) is 44.9 Å². The van der Waals surface area contributed by atoms with E-state index in [4.69, 9.17) is 9.84 Å². The van der Waals surface area contributed by atoms with Crippen molar-refractivity contribution in [1.82, 2.24) is 0 Å². The minimum absolute atomic E-state index is 0.0865. The summed E-state index contributed by atoms with van der Waals surface area (Å²) in [6, 6.07) is 0. The molecule has 120 valence electrons. The molecule has 0 radical (unpaired) electrons. The molecule has 1 fully saturated rings. The smallest absolute Gasteiger partial charge is 0.334 e. The van der Waals surface area contributed by atoms with Gasteiger partial charge in [-0.2, -0.15) is 0 Å². The van der Waals surface area contributed by atoms with E-state index in [1.54, 1.807) is 0 Å². The summed E-state index contributed by atoms with van der Waals surface area (Å²) in [6.45, 7) is 5.74. The average molecular weight is 296 g/mol. The SMILES string of the molecule is C=C1C(=O)OC(CCCCCCCCCCC)C1C(=O)O. The average Bonchev–Trinajstić information content (AvgIpc) is 2.72. The van der Waals surface area contributed by atoms with Gasteiger partial charge in [-0.15, -0.1) is 0 Å². The van der Waals surface area contributed by atoms with Crippen molar-refractivity contribution in [2.45, 2.75) is 77.2 Å². The van der Waals surface area contributed by atoms with Crippen LogP contribution < -0.4 is 0 Å². The van der Waals surface area contributed by atoms with Crippen LogP contribution in [0.1, 0.15) is 71.1 Å². The second-order valence-electron chi connectivity index (χ2n) is 5.90. The Morgan fingerprint density at radius 1 is 1.10 bits per heavy atom. The number of carboxylic acid groups (broad SMARTS) is 1. The molecule has 1 rings (SSSR count). The molecule has 0 saturated carbocycles.